The summed E-state index contributed by atoms with van der Waals surface area (Å²) in [5, 5.41) is 0. The van der Waals surface area contributed by atoms with Gasteiger partial charge in [0, 0.05) is 13.0 Å². The maximum Gasteiger partial charge on any atom is 0.389 e. The van der Waals surface area contributed by atoms with Gasteiger partial charge < -0.3 is 4.74 Å². The van der Waals surface area contributed by atoms with Crippen molar-refractivity contribution in [2.45, 2.75) is 60.1 Å². The maximum absolute atomic E-state index is 12.2. The van der Waals surface area contributed by atoms with Crippen LogP contribution in [0.5, 0.6) is 0 Å². The van der Waals surface area contributed by atoms with Gasteiger partial charge in [0.1, 0.15) is 0 Å². The van der Waals surface area contributed by atoms with Gasteiger partial charge in [0.25, 0.3) is 0 Å². The Kier molecular flexibility index (Phi) is 7.26. The maximum atomic E-state index is 12.2. The van der Waals surface area contributed by atoms with E-state index in [0.29, 0.717) is 19.1 Å². The predicted octanol–water partition coefficient (Wildman–Crippen LogP) is 5.05. The van der Waals surface area contributed by atoms with Crippen LogP contribution in [0.4, 0.5) is 13.2 Å². The highest BCUT2D eigenvalue weighted by molar-refractivity contribution is 4.76. The molecule has 0 fully saturated rings. The number of alkyl halides is 3. The molecule has 0 spiro atoms. The van der Waals surface area contributed by atoms with E-state index in [1.54, 1.807) is 0 Å². The van der Waals surface area contributed by atoms with Gasteiger partial charge in [-0.3, -0.25) is 0 Å². The smallest absolute Gasteiger partial charge is 0.381 e. The van der Waals surface area contributed by atoms with E-state index in [1.165, 1.54) is 0 Å². The van der Waals surface area contributed by atoms with Gasteiger partial charge in [0.05, 0.1) is 6.61 Å². The van der Waals surface area contributed by atoms with Crippen molar-refractivity contribution in [1.29, 1.82) is 0 Å². The number of hydrogen-bond acceptors (Lipinski definition) is 1. The average Bonchev–Trinajstić information content (AvgIpc) is 2.24. The lowest BCUT2D eigenvalue weighted by molar-refractivity contribution is -0.140. The zero-order valence-electron chi connectivity index (χ0n) is 12.2. The van der Waals surface area contributed by atoms with Crippen molar-refractivity contribution < 1.29 is 17.9 Å². The van der Waals surface area contributed by atoms with Gasteiger partial charge in [-0.05, 0) is 23.7 Å². The number of ether oxygens (including phenoxy) is 1. The standard InChI is InChI=1S/C14H27F3O/c1-6-11(2)9-18-10-13(4,5)12(3)7-8-14(15,16)17/h11-12H,6-10H2,1-5H3. The van der Waals surface area contributed by atoms with Crippen LogP contribution in [0.2, 0.25) is 0 Å². The Labute approximate surface area is 109 Å². The molecular formula is C14H27F3O. The lowest BCUT2D eigenvalue weighted by atomic mass is 9.78. The summed E-state index contributed by atoms with van der Waals surface area (Å²) in [5.41, 5.74) is -0.210. The Balaban J connectivity index is 4.03. The van der Waals surface area contributed by atoms with Gasteiger partial charge in [-0.25, -0.2) is 0 Å². The molecule has 0 saturated heterocycles. The van der Waals surface area contributed by atoms with Crippen molar-refractivity contribution in [3.63, 3.8) is 0 Å². The van der Waals surface area contributed by atoms with Crippen LogP contribution in [0.3, 0.4) is 0 Å². The van der Waals surface area contributed by atoms with E-state index in [0.717, 1.165) is 6.42 Å². The Bertz CT molecular complexity index is 224. The minimum Gasteiger partial charge on any atom is -0.381 e. The van der Waals surface area contributed by atoms with Crippen LogP contribution in [-0.4, -0.2) is 19.4 Å². The van der Waals surface area contributed by atoms with Crippen LogP contribution in [0.1, 0.15) is 53.9 Å². The third-order valence-electron chi connectivity index (χ3n) is 3.77. The lowest BCUT2D eigenvalue weighted by Gasteiger charge is -2.32. The Morgan fingerprint density at radius 3 is 2.11 bits per heavy atom. The molecule has 0 aromatic heterocycles. The summed E-state index contributed by atoms with van der Waals surface area (Å²) in [7, 11) is 0. The van der Waals surface area contributed by atoms with E-state index in [4.69, 9.17) is 4.74 Å². The first-order chi connectivity index (χ1) is 8.08. The van der Waals surface area contributed by atoms with Crippen LogP contribution < -0.4 is 0 Å². The molecular weight excluding hydrogens is 241 g/mol. The van der Waals surface area contributed by atoms with Gasteiger partial charge in [-0.15, -0.1) is 0 Å². The van der Waals surface area contributed by atoms with Crippen LogP contribution in [0.25, 0.3) is 0 Å². The van der Waals surface area contributed by atoms with Gasteiger partial charge in [0.15, 0.2) is 0 Å². The molecule has 0 aliphatic heterocycles. The van der Waals surface area contributed by atoms with E-state index in [-0.39, 0.29) is 17.8 Å². The molecule has 4 heteroatoms. The van der Waals surface area contributed by atoms with E-state index in [1.807, 2.05) is 20.8 Å². The number of halogens is 3. The molecule has 0 N–H and O–H groups in total. The Morgan fingerprint density at radius 2 is 1.67 bits per heavy atom. The third kappa shape index (κ3) is 7.96. The molecule has 0 saturated carbocycles. The zero-order valence-corrected chi connectivity index (χ0v) is 12.2. The van der Waals surface area contributed by atoms with Gasteiger partial charge in [-0.1, -0.05) is 41.0 Å². The summed E-state index contributed by atoms with van der Waals surface area (Å²) in [6.07, 6.45) is -3.53. The molecule has 0 bridgehead atoms. The van der Waals surface area contributed by atoms with Gasteiger partial charge >= 0.3 is 6.18 Å². The zero-order chi connectivity index (χ0) is 14.4. The highest BCUT2D eigenvalue weighted by Gasteiger charge is 2.32. The summed E-state index contributed by atoms with van der Waals surface area (Å²) >= 11 is 0. The van der Waals surface area contributed by atoms with Crippen LogP contribution in [0.15, 0.2) is 0 Å². The van der Waals surface area contributed by atoms with E-state index >= 15 is 0 Å². The summed E-state index contributed by atoms with van der Waals surface area (Å²) in [6, 6.07) is 0. The van der Waals surface area contributed by atoms with Crippen LogP contribution in [0, 0.1) is 17.3 Å². The van der Waals surface area contributed by atoms with Gasteiger partial charge in [-0.2, -0.15) is 13.2 Å². The fourth-order valence-corrected chi connectivity index (χ4v) is 1.55. The van der Waals surface area contributed by atoms with Crippen molar-refractivity contribution in [3.8, 4) is 0 Å². The third-order valence-corrected chi connectivity index (χ3v) is 3.77. The minimum absolute atomic E-state index is 0.00365. The van der Waals surface area contributed by atoms with Crippen molar-refractivity contribution in [3.05, 3.63) is 0 Å². The minimum atomic E-state index is -4.05. The topological polar surface area (TPSA) is 9.23 Å². The molecule has 0 aliphatic carbocycles. The second-order valence-corrected chi connectivity index (χ2v) is 6.07. The first-order valence-electron chi connectivity index (χ1n) is 6.73. The van der Waals surface area contributed by atoms with Crippen LogP contribution >= 0.6 is 0 Å². The highest BCUT2D eigenvalue weighted by atomic mass is 19.4. The summed E-state index contributed by atoms with van der Waals surface area (Å²) in [5.74, 6) is 0.502. The molecule has 0 aromatic carbocycles. The molecule has 2 unspecified atom stereocenters. The summed E-state index contributed by atoms with van der Waals surface area (Å²) < 4.78 is 42.2. The largest absolute Gasteiger partial charge is 0.389 e. The molecule has 0 aliphatic rings. The van der Waals surface area contributed by atoms with E-state index in [9.17, 15) is 13.2 Å². The lowest BCUT2D eigenvalue weighted by Crippen LogP contribution is -2.29. The predicted molar refractivity (Wildman–Crippen MR) is 68.5 cm³/mol. The molecule has 2 atom stereocenters. The second-order valence-electron chi connectivity index (χ2n) is 6.07. The summed E-state index contributed by atoms with van der Waals surface area (Å²) in [4.78, 5) is 0. The molecule has 110 valence electrons. The molecule has 0 radical (unpaired) electrons. The molecule has 18 heavy (non-hydrogen) atoms. The van der Waals surface area contributed by atoms with E-state index < -0.39 is 12.6 Å². The highest BCUT2D eigenvalue weighted by Crippen LogP contribution is 2.34. The first kappa shape index (κ1) is 17.8. The first-order valence-corrected chi connectivity index (χ1v) is 6.73. The molecule has 0 amide bonds. The fraction of sp³-hybridized carbons (Fsp3) is 1.00. The van der Waals surface area contributed by atoms with Crippen molar-refractivity contribution in [2.75, 3.05) is 13.2 Å². The van der Waals surface area contributed by atoms with Gasteiger partial charge in [0.2, 0.25) is 0 Å². The van der Waals surface area contributed by atoms with Crippen LogP contribution in [-0.2, 0) is 4.74 Å². The molecule has 0 rings (SSSR count). The van der Waals surface area contributed by atoms with Crippen molar-refractivity contribution in [2.24, 2.45) is 17.3 Å². The van der Waals surface area contributed by atoms with Crippen molar-refractivity contribution in [1.82, 2.24) is 0 Å². The number of rotatable bonds is 8. The normalized spacial score (nSPS) is 16.7. The number of hydrogen-bond donors (Lipinski definition) is 0. The summed E-state index contributed by atoms with van der Waals surface area (Å²) in [6.45, 7) is 11.3. The average molecular weight is 268 g/mol. The second kappa shape index (κ2) is 7.37. The quantitative estimate of drug-likeness (QED) is 0.598. The molecule has 0 heterocycles. The Hall–Kier alpha value is -0.250. The van der Waals surface area contributed by atoms with E-state index in [2.05, 4.69) is 13.8 Å². The fourth-order valence-electron chi connectivity index (χ4n) is 1.55. The molecule has 1 nitrogen and oxygen atoms in total. The Morgan fingerprint density at radius 1 is 1.11 bits per heavy atom. The van der Waals surface area contributed by atoms with Crippen molar-refractivity contribution >= 4 is 0 Å². The molecule has 0 aromatic rings. The monoisotopic (exact) mass is 268 g/mol. The SMILES string of the molecule is CCC(C)COCC(C)(C)C(C)CCC(F)(F)F.